The molecule has 13 heavy (non-hydrogen) atoms. The van der Waals surface area contributed by atoms with Crippen LogP contribution >= 0.6 is 0 Å². The minimum atomic E-state index is -2.93. The molecule has 0 radical (unpaired) electrons. The van der Waals surface area contributed by atoms with E-state index in [1.807, 2.05) is 0 Å². The second-order valence-corrected chi connectivity index (χ2v) is 2.93. The van der Waals surface area contributed by atoms with Crippen molar-refractivity contribution >= 4 is 0 Å². The van der Waals surface area contributed by atoms with Crippen LogP contribution in [-0.4, -0.2) is 67.6 Å². The molecule has 0 aliphatic carbocycles. The van der Waals surface area contributed by atoms with Gasteiger partial charge in [0.25, 0.3) is 0 Å². The first-order chi connectivity index (χ1) is 5.91. The van der Waals surface area contributed by atoms with Gasteiger partial charge in [0.05, 0.1) is 6.61 Å². The van der Waals surface area contributed by atoms with Crippen molar-refractivity contribution in [1.29, 1.82) is 0 Å². The Hall–Kier alpha value is -0.280. The van der Waals surface area contributed by atoms with Crippen LogP contribution in [0.3, 0.4) is 0 Å². The summed E-state index contributed by atoms with van der Waals surface area (Å²) in [5, 5.41) is 53.7. The van der Waals surface area contributed by atoms with E-state index in [-0.39, 0.29) is 0 Å². The molecule has 78 valence electrons. The first-order valence-electron chi connectivity index (χ1n) is 3.66. The zero-order valence-electron chi connectivity index (χ0n) is 6.61. The lowest BCUT2D eigenvalue weighted by Crippen LogP contribution is -2.66. The molecule has 1 saturated heterocycles. The number of hydrogen-bond acceptors (Lipinski definition) is 7. The third-order valence-electron chi connectivity index (χ3n) is 1.99. The van der Waals surface area contributed by atoms with Gasteiger partial charge in [0.15, 0.2) is 0 Å². The first kappa shape index (κ1) is 10.8. The normalized spacial score (nSPS) is 44.8. The quantitative estimate of drug-likeness (QED) is 0.236. The highest BCUT2D eigenvalue weighted by molar-refractivity contribution is 4.92. The fourth-order valence-electron chi connectivity index (χ4n) is 1.10. The number of aliphatic hydroxyl groups is 6. The summed E-state index contributed by atoms with van der Waals surface area (Å²) in [6.07, 6.45) is -6.96. The highest BCUT2D eigenvalue weighted by Gasteiger charge is 2.53. The van der Waals surface area contributed by atoms with E-state index in [1.165, 1.54) is 0 Å². The van der Waals surface area contributed by atoms with E-state index >= 15 is 0 Å². The molecule has 1 heterocycles. The maximum atomic E-state index is 9.12. The van der Waals surface area contributed by atoms with Crippen LogP contribution in [0, 0.1) is 0 Å². The second-order valence-electron chi connectivity index (χ2n) is 2.93. The maximum absolute atomic E-state index is 9.12. The Kier molecular flexibility index (Phi) is 2.88. The minimum Gasteiger partial charge on any atom is -0.394 e. The minimum absolute atomic E-state index is 0.647. The van der Waals surface area contributed by atoms with Crippen LogP contribution in [0.5, 0.6) is 0 Å². The van der Waals surface area contributed by atoms with Gasteiger partial charge in [0, 0.05) is 0 Å². The predicted octanol–water partition coefficient (Wildman–Crippen LogP) is -3.90. The van der Waals surface area contributed by atoms with Crippen molar-refractivity contribution in [3.8, 4) is 0 Å². The van der Waals surface area contributed by atoms with Gasteiger partial charge in [-0.2, -0.15) is 0 Å². The van der Waals surface area contributed by atoms with E-state index in [4.69, 9.17) is 30.6 Å². The zero-order chi connectivity index (χ0) is 10.2. The average Bonchev–Trinajstić information content (AvgIpc) is 2.09. The summed E-state index contributed by atoms with van der Waals surface area (Å²) in [5.74, 6) is -2.93. The van der Waals surface area contributed by atoms with Gasteiger partial charge in [-0.25, -0.2) is 0 Å². The van der Waals surface area contributed by atoms with Crippen LogP contribution in [0.4, 0.5) is 0 Å². The topological polar surface area (TPSA) is 131 Å². The molecule has 1 aliphatic heterocycles. The molecule has 1 fully saturated rings. The Balaban J connectivity index is 2.79. The molecule has 4 atom stereocenters. The number of aliphatic hydroxyl groups excluding tert-OH is 4. The number of ether oxygens (including phenoxy) is 1. The fourth-order valence-corrected chi connectivity index (χ4v) is 1.10. The Morgan fingerprint density at radius 3 is 2.15 bits per heavy atom. The zero-order valence-corrected chi connectivity index (χ0v) is 6.61. The Morgan fingerprint density at radius 2 is 1.69 bits per heavy atom. The second kappa shape index (κ2) is 3.46. The highest BCUT2D eigenvalue weighted by atomic mass is 16.7. The standard InChI is InChI=1S/C6H12O7/c7-1-2-3(8)4(9)6(11,12)5(10)13-2/h2-5,7-12H,1H2/t2-,3-,4+,5+/m1/s1. The lowest BCUT2D eigenvalue weighted by molar-refractivity contribution is -0.395. The van der Waals surface area contributed by atoms with E-state index in [0.717, 1.165) is 0 Å². The van der Waals surface area contributed by atoms with Crippen LogP contribution in [-0.2, 0) is 4.74 Å². The van der Waals surface area contributed by atoms with Gasteiger partial charge in [-0.3, -0.25) is 0 Å². The summed E-state index contributed by atoms with van der Waals surface area (Å²) in [6.45, 7) is -0.647. The summed E-state index contributed by atoms with van der Waals surface area (Å²) in [5.41, 5.74) is 0. The predicted molar refractivity (Wildman–Crippen MR) is 37.1 cm³/mol. The molecular formula is C6H12O7. The van der Waals surface area contributed by atoms with Crippen molar-refractivity contribution in [2.75, 3.05) is 6.61 Å². The summed E-state index contributed by atoms with van der Waals surface area (Å²) in [7, 11) is 0. The van der Waals surface area contributed by atoms with E-state index in [1.54, 1.807) is 0 Å². The fraction of sp³-hybridized carbons (Fsp3) is 1.00. The SMILES string of the molecule is OC[C@H]1O[C@H](O)C(O)(O)[C@@H](O)[C@@H]1O. The van der Waals surface area contributed by atoms with Gasteiger partial charge >= 0.3 is 0 Å². The smallest absolute Gasteiger partial charge is 0.245 e. The molecule has 7 nitrogen and oxygen atoms in total. The van der Waals surface area contributed by atoms with Crippen LogP contribution in [0.15, 0.2) is 0 Å². The van der Waals surface area contributed by atoms with Gasteiger partial charge in [-0.1, -0.05) is 0 Å². The van der Waals surface area contributed by atoms with Crippen molar-refractivity contribution in [2.24, 2.45) is 0 Å². The van der Waals surface area contributed by atoms with Crippen LogP contribution in [0.2, 0.25) is 0 Å². The van der Waals surface area contributed by atoms with Crippen molar-refractivity contribution in [3.05, 3.63) is 0 Å². The largest absolute Gasteiger partial charge is 0.394 e. The van der Waals surface area contributed by atoms with Crippen molar-refractivity contribution < 1.29 is 35.4 Å². The monoisotopic (exact) mass is 196 g/mol. The van der Waals surface area contributed by atoms with Gasteiger partial charge in [0.2, 0.25) is 12.1 Å². The van der Waals surface area contributed by atoms with E-state index < -0.39 is 37.0 Å². The number of hydrogen-bond donors (Lipinski definition) is 6. The lowest BCUT2D eigenvalue weighted by Gasteiger charge is -2.42. The summed E-state index contributed by atoms with van der Waals surface area (Å²) < 4.78 is 4.43. The van der Waals surface area contributed by atoms with Crippen LogP contribution in [0.1, 0.15) is 0 Å². The van der Waals surface area contributed by atoms with Gasteiger partial charge < -0.3 is 35.4 Å². The van der Waals surface area contributed by atoms with Gasteiger partial charge in [0.1, 0.15) is 18.3 Å². The van der Waals surface area contributed by atoms with E-state index in [9.17, 15) is 0 Å². The molecule has 1 rings (SSSR count). The molecule has 0 aromatic rings. The molecule has 0 aromatic heterocycles. The molecule has 0 amide bonds. The number of rotatable bonds is 1. The Labute approximate surface area is 73.4 Å². The molecule has 0 unspecified atom stereocenters. The van der Waals surface area contributed by atoms with Crippen molar-refractivity contribution in [2.45, 2.75) is 30.4 Å². The van der Waals surface area contributed by atoms with E-state index in [0.29, 0.717) is 0 Å². The molecule has 1 aliphatic rings. The molecule has 0 saturated carbocycles. The summed E-state index contributed by atoms with van der Waals surface area (Å²) in [6, 6.07) is 0. The molecule has 7 heteroatoms. The molecule has 6 N–H and O–H groups in total. The van der Waals surface area contributed by atoms with Gasteiger partial charge in [-0.15, -0.1) is 0 Å². The van der Waals surface area contributed by atoms with Crippen molar-refractivity contribution in [3.63, 3.8) is 0 Å². The lowest BCUT2D eigenvalue weighted by atomic mass is 9.96. The third-order valence-corrected chi connectivity index (χ3v) is 1.99. The Morgan fingerprint density at radius 1 is 1.15 bits per heavy atom. The molecule has 0 spiro atoms. The first-order valence-corrected chi connectivity index (χ1v) is 3.66. The maximum Gasteiger partial charge on any atom is 0.245 e. The van der Waals surface area contributed by atoms with Gasteiger partial charge in [-0.05, 0) is 0 Å². The highest BCUT2D eigenvalue weighted by Crippen LogP contribution is 2.26. The van der Waals surface area contributed by atoms with E-state index in [2.05, 4.69) is 4.74 Å². The average molecular weight is 196 g/mol. The van der Waals surface area contributed by atoms with Crippen LogP contribution in [0.25, 0.3) is 0 Å². The molecule has 0 bridgehead atoms. The molecular weight excluding hydrogens is 184 g/mol. The van der Waals surface area contributed by atoms with Crippen molar-refractivity contribution in [1.82, 2.24) is 0 Å². The summed E-state index contributed by atoms with van der Waals surface area (Å²) >= 11 is 0. The Bertz CT molecular complexity index is 182. The molecule has 0 aromatic carbocycles. The third kappa shape index (κ3) is 1.67. The van der Waals surface area contributed by atoms with Crippen LogP contribution < -0.4 is 0 Å². The summed E-state index contributed by atoms with van der Waals surface area (Å²) in [4.78, 5) is 0.